The van der Waals surface area contributed by atoms with Gasteiger partial charge in [-0.3, -0.25) is 9.59 Å². The monoisotopic (exact) mass is 368 g/mol. The van der Waals surface area contributed by atoms with Crippen LogP contribution in [0.25, 0.3) is 0 Å². The Labute approximate surface area is 158 Å². The van der Waals surface area contributed by atoms with Gasteiger partial charge < -0.3 is 10.2 Å². The fourth-order valence-corrected chi connectivity index (χ4v) is 4.34. The first-order valence-electron chi connectivity index (χ1n) is 9.38. The van der Waals surface area contributed by atoms with Crippen LogP contribution in [0.1, 0.15) is 42.9 Å². The molecule has 0 spiro atoms. The molecule has 2 aromatic rings. The van der Waals surface area contributed by atoms with Crippen LogP contribution in [0.4, 0.5) is 0 Å². The molecule has 4 rings (SSSR count). The van der Waals surface area contributed by atoms with Gasteiger partial charge in [-0.15, -0.1) is 0 Å². The summed E-state index contributed by atoms with van der Waals surface area (Å²) >= 11 is 1.64. The third kappa shape index (κ3) is 3.83. The first kappa shape index (κ1) is 17.3. The molecule has 0 radical (unpaired) electrons. The summed E-state index contributed by atoms with van der Waals surface area (Å²) in [6, 6.07) is 12.1. The molecule has 136 valence electrons. The molecule has 2 heterocycles. The number of benzene rings is 1. The maximum atomic E-state index is 12.9. The van der Waals surface area contributed by atoms with Gasteiger partial charge in [0.05, 0.1) is 6.04 Å². The fraction of sp³-hybridized carbons (Fsp3) is 0.429. The van der Waals surface area contributed by atoms with Gasteiger partial charge in [0, 0.05) is 24.9 Å². The number of piperidine rings is 1. The number of hydrogen-bond donors (Lipinski definition) is 1. The minimum Gasteiger partial charge on any atom is -0.345 e. The van der Waals surface area contributed by atoms with Crippen LogP contribution in [0.2, 0.25) is 0 Å². The van der Waals surface area contributed by atoms with E-state index in [1.54, 1.807) is 11.3 Å². The van der Waals surface area contributed by atoms with Crippen molar-refractivity contribution in [3.63, 3.8) is 0 Å². The van der Waals surface area contributed by atoms with Gasteiger partial charge in [-0.25, -0.2) is 0 Å². The van der Waals surface area contributed by atoms with Crippen LogP contribution in [-0.4, -0.2) is 29.8 Å². The van der Waals surface area contributed by atoms with Crippen LogP contribution in [0.3, 0.4) is 0 Å². The lowest BCUT2D eigenvalue weighted by atomic mass is 9.94. The first-order chi connectivity index (χ1) is 12.7. The minimum atomic E-state index is -0.110. The van der Waals surface area contributed by atoms with Crippen LogP contribution in [0.15, 0.2) is 47.2 Å². The zero-order chi connectivity index (χ0) is 17.9. The smallest absolute Gasteiger partial charge is 0.225 e. The van der Waals surface area contributed by atoms with E-state index in [0.29, 0.717) is 19.0 Å². The van der Waals surface area contributed by atoms with Crippen molar-refractivity contribution in [3.8, 4) is 0 Å². The predicted octanol–water partition coefficient (Wildman–Crippen LogP) is 3.60. The summed E-state index contributed by atoms with van der Waals surface area (Å²) in [5.41, 5.74) is 2.22. The Morgan fingerprint density at radius 1 is 0.962 bits per heavy atom. The molecular formula is C21H24N2O2S. The van der Waals surface area contributed by atoms with Gasteiger partial charge in [0.1, 0.15) is 0 Å². The lowest BCUT2D eigenvalue weighted by Gasteiger charge is -2.32. The Balaban J connectivity index is 1.40. The Bertz CT molecular complexity index is 748. The van der Waals surface area contributed by atoms with E-state index in [2.05, 4.69) is 28.9 Å². The Morgan fingerprint density at radius 3 is 2.31 bits per heavy atom. The molecule has 1 saturated carbocycles. The highest BCUT2D eigenvalue weighted by atomic mass is 32.1. The van der Waals surface area contributed by atoms with Crippen molar-refractivity contribution in [3.05, 3.63) is 58.3 Å². The van der Waals surface area contributed by atoms with Crippen LogP contribution in [0.5, 0.6) is 0 Å². The summed E-state index contributed by atoms with van der Waals surface area (Å²) in [4.78, 5) is 27.0. The number of thiophene rings is 1. The summed E-state index contributed by atoms with van der Waals surface area (Å²) in [5.74, 6) is 0.650. The van der Waals surface area contributed by atoms with Crippen molar-refractivity contribution in [2.45, 2.75) is 31.7 Å². The number of likely N-dealkylation sites (tertiary alicyclic amines) is 1. The number of nitrogens with one attached hydrogen (secondary N) is 1. The van der Waals surface area contributed by atoms with Crippen molar-refractivity contribution in [1.82, 2.24) is 10.2 Å². The van der Waals surface area contributed by atoms with E-state index < -0.39 is 0 Å². The predicted molar refractivity (Wildman–Crippen MR) is 103 cm³/mol. The standard InChI is InChI=1S/C21H24N2O2S/c24-20(16-8-11-23(12-9-16)21(25)17-6-7-17)22-19(18-10-13-26-14-18)15-4-2-1-3-5-15/h1-5,10,13-14,16-17,19H,6-9,11-12H2,(H,22,24). The summed E-state index contributed by atoms with van der Waals surface area (Å²) in [5, 5.41) is 7.38. The van der Waals surface area contributed by atoms with Crippen LogP contribution < -0.4 is 5.32 Å². The molecule has 2 aliphatic rings. The van der Waals surface area contributed by atoms with Crippen LogP contribution in [-0.2, 0) is 9.59 Å². The molecule has 1 N–H and O–H groups in total. The normalized spacial score (nSPS) is 19.2. The molecule has 4 nitrogen and oxygen atoms in total. The second kappa shape index (κ2) is 7.62. The van der Waals surface area contributed by atoms with Gasteiger partial charge in [0.2, 0.25) is 11.8 Å². The highest BCUT2D eigenvalue weighted by Gasteiger charge is 2.36. The molecule has 1 aliphatic carbocycles. The molecule has 1 aromatic heterocycles. The number of amides is 2. The third-order valence-corrected chi connectivity index (χ3v) is 6.10. The zero-order valence-electron chi connectivity index (χ0n) is 14.8. The van der Waals surface area contributed by atoms with Crippen molar-refractivity contribution in [1.29, 1.82) is 0 Å². The number of carbonyl (C=O) groups excluding carboxylic acids is 2. The Morgan fingerprint density at radius 2 is 1.69 bits per heavy atom. The fourth-order valence-electron chi connectivity index (χ4n) is 3.65. The van der Waals surface area contributed by atoms with E-state index in [-0.39, 0.29) is 23.8 Å². The quantitative estimate of drug-likeness (QED) is 0.877. The molecule has 2 amide bonds. The van der Waals surface area contributed by atoms with Gasteiger partial charge in [0.25, 0.3) is 0 Å². The molecule has 1 unspecified atom stereocenters. The second-order valence-corrected chi connectivity index (χ2v) is 8.06. The highest BCUT2D eigenvalue weighted by Crippen LogP contribution is 2.33. The Hall–Kier alpha value is -2.14. The largest absolute Gasteiger partial charge is 0.345 e. The third-order valence-electron chi connectivity index (χ3n) is 5.40. The SMILES string of the molecule is O=C(NC(c1ccccc1)c1ccsc1)C1CCN(C(=O)C2CC2)CC1. The summed E-state index contributed by atoms with van der Waals surface area (Å²) in [6.07, 6.45) is 3.60. The van der Waals surface area contributed by atoms with Crippen LogP contribution >= 0.6 is 11.3 Å². The van der Waals surface area contributed by atoms with E-state index in [0.717, 1.165) is 36.8 Å². The lowest BCUT2D eigenvalue weighted by molar-refractivity contribution is -0.136. The summed E-state index contributed by atoms with van der Waals surface area (Å²) in [7, 11) is 0. The van der Waals surface area contributed by atoms with E-state index >= 15 is 0 Å². The van der Waals surface area contributed by atoms with Crippen LogP contribution in [0, 0.1) is 11.8 Å². The van der Waals surface area contributed by atoms with Crippen molar-refractivity contribution >= 4 is 23.2 Å². The average Bonchev–Trinajstić information content (AvgIpc) is 3.41. The number of carbonyl (C=O) groups is 2. The molecule has 26 heavy (non-hydrogen) atoms. The van der Waals surface area contributed by atoms with Crippen molar-refractivity contribution in [2.75, 3.05) is 13.1 Å². The van der Waals surface area contributed by atoms with E-state index in [1.165, 1.54) is 0 Å². The number of rotatable bonds is 5. The van der Waals surface area contributed by atoms with Gasteiger partial charge in [-0.2, -0.15) is 11.3 Å². The van der Waals surface area contributed by atoms with Gasteiger partial charge in [-0.05, 0) is 53.6 Å². The number of hydrogen-bond acceptors (Lipinski definition) is 3. The number of nitrogens with zero attached hydrogens (tertiary/aromatic N) is 1. The molecule has 2 fully saturated rings. The van der Waals surface area contributed by atoms with Crippen molar-refractivity contribution in [2.24, 2.45) is 11.8 Å². The average molecular weight is 369 g/mol. The summed E-state index contributed by atoms with van der Waals surface area (Å²) in [6.45, 7) is 1.42. The lowest BCUT2D eigenvalue weighted by Crippen LogP contribution is -2.44. The van der Waals surface area contributed by atoms with Gasteiger partial charge in [0.15, 0.2) is 0 Å². The van der Waals surface area contributed by atoms with E-state index in [1.807, 2.05) is 28.5 Å². The first-order valence-corrected chi connectivity index (χ1v) is 10.3. The zero-order valence-corrected chi connectivity index (χ0v) is 15.6. The van der Waals surface area contributed by atoms with E-state index in [9.17, 15) is 9.59 Å². The second-order valence-electron chi connectivity index (χ2n) is 7.28. The Kier molecular flexibility index (Phi) is 5.07. The topological polar surface area (TPSA) is 49.4 Å². The molecule has 0 bridgehead atoms. The van der Waals surface area contributed by atoms with E-state index in [4.69, 9.17) is 0 Å². The molecule has 1 atom stereocenters. The molecule has 1 aliphatic heterocycles. The maximum absolute atomic E-state index is 12.9. The van der Waals surface area contributed by atoms with Gasteiger partial charge in [-0.1, -0.05) is 30.3 Å². The molecule has 1 saturated heterocycles. The summed E-state index contributed by atoms with van der Waals surface area (Å²) < 4.78 is 0. The maximum Gasteiger partial charge on any atom is 0.225 e. The molecular weight excluding hydrogens is 344 g/mol. The molecule has 1 aromatic carbocycles. The van der Waals surface area contributed by atoms with Gasteiger partial charge >= 0.3 is 0 Å². The minimum absolute atomic E-state index is 0.0110. The van der Waals surface area contributed by atoms with Crippen molar-refractivity contribution < 1.29 is 9.59 Å². The molecule has 5 heteroatoms. The highest BCUT2D eigenvalue weighted by molar-refractivity contribution is 7.08.